The summed E-state index contributed by atoms with van der Waals surface area (Å²) in [5.41, 5.74) is 7.00. The van der Waals surface area contributed by atoms with Gasteiger partial charge in [-0.2, -0.15) is 0 Å². The molecular formula is C14H10BrF2N3O. The van der Waals surface area contributed by atoms with Crippen LogP contribution in [0.5, 0.6) is 0 Å². The number of halogens is 3. The molecule has 21 heavy (non-hydrogen) atoms. The zero-order valence-corrected chi connectivity index (χ0v) is 12.2. The zero-order chi connectivity index (χ0) is 15.1. The molecule has 1 unspecified atom stereocenters. The van der Waals surface area contributed by atoms with E-state index < -0.39 is 17.7 Å². The molecule has 7 heteroatoms. The lowest BCUT2D eigenvalue weighted by Gasteiger charge is -2.16. The Bertz CT molecular complexity index is 867. The van der Waals surface area contributed by atoms with Crippen LogP contribution in [-0.4, -0.2) is 9.97 Å². The summed E-state index contributed by atoms with van der Waals surface area (Å²) in [5.74, 6) is -1.42. The number of rotatable bonds is 2. The summed E-state index contributed by atoms with van der Waals surface area (Å²) in [6, 6.07) is 5.83. The lowest BCUT2D eigenvalue weighted by atomic mass is 9.98. The Morgan fingerprint density at radius 2 is 1.67 bits per heavy atom. The van der Waals surface area contributed by atoms with Crippen molar-refractivity contribution < 1.29 is 8.78 Å². The molecule has 0 aliphatic rings. The van der Waals surface area contributed by atoms with Crippen molar-refractivity contribution in [1.82, 2.24) is 9.97 Å². The third-order valence-electron chi connectivity index (χ3n) is 3.28. The lowest BCUT2D eigenvalue weighted by molar-refractivity contribution is 0.543. The van der Waals surface area contributed by atoms with Crippen LogP contribution in [0.15, 0.2) is 39.6 Å². The van der Waals surface area contributed by atoms with Gasteiger partial charge < -0.3 is 15.7 Å². The normalized spacial score (nSPS) is 12.8. The summed E-state index contributed by atoms with van der Waals surface area (Å²) in [7, 11) is 0. The van der Waals surface area contributed by atoms with E-state index in [2.05, 4.69) is 25.9 Å². The minimum absolute atomic E-state index is 0.213. The topological polar surface area (TPSA) is 74.7 Å². The van der Waals surface area contributed by atoms with Crippen molar-refractivity contribution in [1.29, 1.82) is 0 Å². The molecule has 2 aromatic carbocycles. The maximum Gasteiger partial charge on any atom is 0.323 e. The predicted octanol–water partition coefficient (Wildman–Crippen LogP) is 2.95. The molecule has 0 saturated heterocycles. The molecule has 0 fully saturated rings. The fourth-order valence-electron chi connectivity index (χ4n) is 2.27. The highest BCUT2D eigenvalue weighted by atomic mass is 79.9. The molecule has 0 aliphatic heterocycles. The number of hydrogen-bond donors (Lipinski definition) is 3. The largest absolute Gasteiger partial charge is 0.323 e. The third-order valence-corrected chi connectivity index (χ3v) is 3.97. The first kappa shape index (κ1) is 14.0. The number of aromatic amines is 2. The molecule has 1 atom stereocenters. The van der Waals surface area contributed by atoms with Crippen molar-refractivity contribution >= 4 is 27.0 Å². The summed E-state index contributed by atoms with van der Waals surface area (Å²) < 4.78 is 28.2. The van der Waals surface area contributed by atoms with Crippen LogP contribution >= 0.6 is 15.9 Å². The van der Waals surface area contributed by atoms with Crippen molar-refractivity contribution in [2.75, 3.05) is 0 Å². The van der Waals surface area contributed by atoms with Gasteiger partial charge >= 0.3 is 5.69 Å². The average Bonchev–Trinajstić information content (AvgIpc) is 2.76. The average molecular weight is 354 g/mol. The van der Waals surface area contributed by atoms with Gasteiger partial charge in [-0.3, -0.25) is 0 Å². The van der Waals surface area contributed by atoms with E-state index in [-0.39, 0.29) is 11.3 Å². The standard InChI is InChI=1S/C14H10BrF2N3O/c15-7-5-11-10(19-14(21)20-11)4-6(7)13(18)12-8(16)2-1-3-9(12)17/h1-5,13H,18H2,(H2,19,20,21). The van der Waals surface area contributed by atoms with Gasteiger partial charge in [-0.25, -0.2) is 13.6 Å². The highest BCUT2D eigenvalue weighted by molar-refractivity contribution is 9.10. The van der Waals surface area contributed by atoms with Gasteiger partial charge in [0.15, 0.2) is 0 Å². The molecule has 1 aromatic heterocycles. The summed E-state index contributed by atoms with van der Waals surface area (Å²) in [4.78, 5) is 16.5. The first-order chi connectivity index (χ1) is 9.97. The van der Waals surface area contributed by atoms with E-state index in [0.717, 1.165) is 12.1 Å². The molecule has 3 aromatic rings. The van der Waals surface area contributed by atoms with Gasteiger partial charge in [-0.15, -0.1) is 0 Å². The highest BCUT2D eigenvalue weighted by Gasteiger charge is 2.21. The number of aromatic nitrogens is 2. The zero-order valence-electron chi connectivity index (χ0n) is 10.6. The van der Waals surface area contributed by atoms with E-state index in [1.165, 1.54) is 6.07 Å². The van der Waals surface area contributed by atoms with Crippen LogP contribution in [0.3, 0.4) is 0 Å². The van der Waals surface area contributed by atoms with Gasteiger partial charge in [-0.05, 0) is 29.8 Å². The van der Waals surface area contributed by atoms with Gasteiger partial charge in [0.05, 0.1) is 17.1 Å². The highest BCUT2D eigenvalue weighted by Crippen LogP contribution is 2.31. The Kier molecular flexibility index (Phi) is 3.38. The monoisotopic (exact) mass is 353 g/mol. The molecule has 4 N–H and O–H groups in total. The minimum Gasteiger partial charge on any atom is -0.320 e. The van der Waals surface area contributed by atoms with Crippen LogP contribution in [0.2, 0.25) is 0 Å². The maximum absolute atomic E-state index is 13.8. The van der Waals surface area contributed by atoms with Gasteiger partial charge in [0.1, 0.15) is 11.6 Å². The Labute approximate surface area is 126 Å². The molecule has 0 radical (unpaired) electrons. The van der Waals surface area contributed by atoms with Crippen LogP contribution in [-0.2, 0) is 0 Å². The molecule has 0 aliphatic carbocycles. The number of imidazole rings is 1. The van der Waals surface area contributed by atoms with Gasteiger partial charge in [0.2, 0.25) is 0 Å². The van der Waals surface area contributed by atoms with E-state index >= 15 is 0 Å². The second kappa shape index (κ2) is 5.09. The molecule has 3 rings (SSSR count). The van der Waals surface area contributed by atoms with Crippen LogP contribution in [0, 0.1) is 11.6 Å². The van der Waals surface area contributed by atoms with Crippen molar-refractivity contribution in [3.05, 3.63) is 68.1 Å². The van der Waals surface area contributed by atoms with Crippen LogP contribution in [0.1, 0.15) is 17.2 Å². The van der Waals surface area contributed by atoms with Crippen molar-refractivity contribution in [2.45, 2.75) is 6.04 Å². The molecule has 0 bridgehead atoms. The van der Waals surface area contributed by atoms with E-state index in [9.17, 15) is 13.6 Å². The molecule has 0 amide bonds. The quantitative estimate of drug-likeness (QED) is 0.662. The lowest BCUT2D eigenvalue weighted by Crippen LogP contribution is -2.16. The molecule has 0 saturated carbocycles. The number of fused-ring (bicyclic) bond motifs is 1. The van der Waals surface area contributed by atoms with Gasteiger partial charge in [-0.1, -0.05) is 22.0 Å². The van der Waals surface area contributed by atoms with E-state index in [0.29, 0.717) is 21.1 Å². The first-order valence-corrected chi connectivity index (χ1v) is 6.87. The Morgan fingerprint density at radius 3 is 2.29 bits per heavy atom. The van der Waals surface area contributed by atoms with Crippen LogP contribution < -0.4 is 11.4 Å². The fourth-order valence-corrected chi connectivity index (χ4v) is 2.86. The van der Waals surface area contributed by atoms with Crippen molar-refractivity contribution in [3.8, 4) is 0 Å². The van der Waals surface area contributed by atoms with Crippen molar-refractivity contribution in [3.63, 3.8) is 0 Å². The van der Waals surface area contributed by atoms with Crippen molar-refractivity contribution in [2.24, 2.45) is 5.73 Å². The molecule has 4 nitrogen and oxygen atoms in total. The Hall–Kier alpha value is -1.99. The first-order valence-electron chi connectivity index (χ1n) is 6.08. The summed E-state index contributed by atoms with van der Waals surface area (Å²) in [6.07, 6.45) is 0. The SMILES string of the molecule is NC(c1cc2[nH]c(=O)[nH]c2cc1Br)c1c(F)cccc1F. The molecule has 1 heterocycles. The van der Waals surface area contributed by atoms with E-state index in [4.69, 9.17) is 5.73 Å². The van der Waals surface area contributed by atoms with Crippen LogP contribution in [0.4, 0.5) is 8.78 Å². The molecule has 108 valence electrons. The number of hydrogen-bond acceptors (Lipinski definition) is 2. The Morgan fingerprint density at radius 1 is 1.10 bits per heavy atom. The molecule has 0 spiro atoms. The number of benzene rings is 2. The van der Waals surface area contributed by atoms with Gasteiger partial charge in [0.25, 0.3) is 0 Å². The summed E-state index contributed by atoms with van der Waals surface area (Å²) in [5, 5.41) is 0. The Balaban J connectivity index is 2.19. The maximum atomic E-state index is 13.8. The smallest absolute Gasteiger partial charge is 0.320 e. The minimum atomic E-state index is -0.997. The number of nitrogens with one attached hydrogen (secondary N) is 2. The van der Waals surface area contributed by atoms with Gasteiger partial charge in [0, 0.05) is 10.0 Å². The second-order valence-corrected chi connectivity index (χ2v) is 5.47. The van der Waals surface area contributed by atoms with E-state index in [1.807, 2.05) is 0 Å². The second-order valence-electron chi connectivity index (χ2n) is 4.61. The van der Waals surface area contributed by atoms with E-state index in [1.54, 1.807) is 12.1 Å². The number of nitrogens with two attached hydrogens (primary N) is 1. The van der Waals surface area contributed by atoms with Crippen LogP contribution in [0.25, 0.3) is 11.0 Å². The summed E-state index contributed by atoms with van der Waals surface area (Å²) in [6.45, 7) is 0. The third kappa shape index (κ3) is 2.38. The fraction of sp³-hybridized carbons (Fsp3) is 0.0714. The summed E-state index contributed by atoms with van der Waals surface area (Å²) >= 11 is 3.31. The molecular weight excluding hydrogens is 344 g/mol. The number of H-pyrrole nitrogens is 2. The predicted molar refractivity (Wildman–Crippen MR) is 79.0 cm³/mol.